The van der Waals surface area contributed by atoms with Crippen molar-refractivity contribution >= 4 is 89.8 Å². The molecule has 680 valence electrons. The fourth-order valence-corrected chi connectivity index (χ4v) is 18.7. The second kappa shape index (κ2) is 43.8. The van der Waals surface area contributed by atoms with Crippen molar-refractivity contribution in [3.8, 4) is 100 Å². The van der Waals surface area contributed by atoms with Gasteiger partial charge in [0.05, 0.1) is 0 Å². The van der Waals surface area contributed by atoms with Crippen molar-refractivity contribution in [1.29, 1.82) is 0 Å². The number of rotatable bonds is 21. The Morgan fingerprint density at radius 3 is 0.577 bits per heavy atom. The van der Waals surface area contributed by atoms with Crippen LogP contribution < -0.4 is 19.6 Å². The zero-order valence-corrected chi connectivity index (χ0v) is 80.2. The zero-order chi connectivity index (χ0) is 96.1. The third-order valence-electron chi connectivity index (χ3n) is 26.2. The van der Waals surface area contributed by atoms with Gasteiger partial charge in [0.25, 0.3) is 0 Å². The van der Waals surface area contributed by atoms with Crippen LogP contribution in [0.15, 0.2) is 582 Å². The van der Waals surface area contributed by atoms with Gasteiger partial charge in [0.2, 0.25) is 0 Å². The minimum atomic E-state index is 1.13. The second-order valence-electron chi connectivity index (χ2n) is 35.9. The number of hydrogen-bond acceptors (Lipinski definition) is 4. The van der Waals surface area contributed by atoms with Gasteiger partial charge in [-0.15, -0.1) is 0 Å². The van der Waals surface area contributed by atoms with E-state index in [1.54, 1.807) is 0 Å². The minimum Gasteiger partial charge on any atom is -0.311 e. The Balaban J connectivity index is 0.000000116. The molecule has 0 fully saturated rings. The quantitative estimate of drug-likeness (QED) is 0.0711. The lowest BCUT2D eigenvalue weighted by atomic mass is 9.94. The Bertz CT molecular complexity index is 8020. The molecule has 23 aromatic carbocycles. The number of benzene rings is 23. The maximum Gasteiger partial charge on any atom is 0.0462 e. The number of hydrogen-bond donors (Lipinski definition) is 0. The molecule has 0 aliphatic carbocycles. The number of nitrogens with zero attached hydrogens (tertiary/aromatic N) is 4. The third kappa shape index (κ3) is 21.6. The summed E-state index contributed by atoms with van der Waals surface area (Å²) in [7, 11) is 0. The molecule has 0 aliphatic heterocycles. The summed E-state index contributed by atoms with van der Waals surface area (Å²) in [6.07, 6.45) is 0. The Morgan fingerprint density at radius 2 is 0.282 bits per heavy atom. The van der Waals surface area contributed by atoms with E-state index < -0.39 is 0 Å². The Morgan fingerprint density at radius 1 is 0.106 bits per heavy atom. The van der Waals surface area contributed by atoms with Crippen LogP contribution in [0.4, 0.5) is 68.2 Å². The van der Waals surface area contributed by atoms with Crippen molar-refractivity contribution in [2.24, 2.45) is 0 Å². The lowest BCUT2D eigenvalue weighted by Crippen LogP contribution is -2.09. The molecule has 23 aromatic rings. The molecule has 0 aromatic heterocycles. The molecule has 0 N–H and O–H groups in total. The lowest BCUT2D eigenvalue weighted by molar-refractivity contribution is 1.27. The van der Waals surface area contributed by atoms with Crippen LogP contribution in [0.25, 0.3) is 122 Å². The summed E-state index contributed by atoms with van der Waals surface area (Å²) in [6.45, 7) is 8.50. The largest absolute Gasteiger partial charge is 0.311 e. The molecular weight excluding hydrogens is 1710 g/mol. The molecule has 0 unspecified atom stereocenters. The van der Waals surface area contributed by atoms with Crippen LogP contribution in [-0.4, -0.2) is 0 Å². The Labute approximate surface area is 835 Å². The van der Waals surface area contributed by atoms with E-state index in [1.165, 1.54) is 144 Å². The summed E-state index contributed by atoms with van der Waals surface area (Å²) in [4.78, 5) is 9.26. The zero-order valence-electron chi connectivity index (χ0n) is 80.2. The summed E-state index contributed by atoms with van der Waals surface area (Å²) >= 11 is 0. The molecule has 142 heavy (non-hydrogen) atoms. The SMILES string of the molecule is Cc1ccc(N(c2ccc(-c3ccccc3)cc2)c2ccc(-c3ccc4ccccc4c3)cc2)cc1.Cc1ccc(N(c2ccc(-c3ccccc3)cc2)c2ccc(-c3cccc4ccccc34)cc2)cc1.Cc1ccc(N(c2ccc(-c3ccccc3)cc2)c2ccc(-c3ccccc3-c3ccccc3)cc2)cc1.Cc1ccc(N(c2ccccc2)c2ccc(-c3ccccc3-c3ccccc3)cc2)cc1. The monoisotopic (exact) mass is 1820 g/mol. The van der Waals surface area contributed by atoms with Crippen molar-refractivity contribution in [2.75, 3.05) is 19.6 Å². The van der Waals surface area contributed by atoms with E-state index in [0.717, 1.165) is 68.2 Å². The summed E-state index contributed by atoms with van der Waals surface area (Å²) in [5, 5.41) is 5.07. The normalized spacial score (nSPS) is 10.8. The van der Waals surface area contributed by atoms with E-state index in [2.05, 4.69) is 630 Å². The van der Waals surface area contributed by atoms with Gasteiger partial charge in [-0.05, 0) is 301 Å². The lowest BCUT2D eigenvalue weighted by Gasteiger charge is -2.26. The first-order chi connectivity index (χ1) is 70.1. The van der Waals surface area contributed by atoms with Gasteiger partial charge in [-0.2, -0.15) is 0 Å². The molecule has 4 nitrogen and oxygen atoms in total. The number of anilines is 12. The molecule has 0 spiro atoms. The Hall–Kier alpha value is -18.2. The number of para-hydroxylation sites is 1. The first-order valence-corrected chi connectivity index (χ1v) is 48.7. The number of fused-ring (bicyclic) bond motifs is 2. The molecule has 0 radical (unpaired) electrons. The summed E-state index contributed by atoms with van der Waals surface area (Å²) < 4.78 is 0. The highest BCUT2D eigenvalue weighted by molar-refractivity contribution is 5.98. The highest BCUT2D eigenvalue weighted by atomic mass is 15.2. The topological polar surface area (TPSA) is 13.0 Å². The molecule has 0 saturated heterocycles. The molecule has 4 heteroatoms. The van der Waals surface area contributed by atoms with Gasteiger partial charge >= 0.3 is 0 Å². The predicted molar refractivity (Wildman–Crippen MR) is 607 cm³/mol. The molecular formula is C138H108N4. The maximum atomic E-state index is 2.32. The third-order valence-corrected chi connectivity index (χ3v) is 26.2. The Kier molecular flexibility index (Phi) is 28.3. The summed E-state index contributed by atoms with van der Waals surface area (Å²) in [6, 6.07) is 208. The van der Waals surface area contributed by atoms with Gasteiger partial charge in [0.15, 0.2) is 0 Å². The molecule has 23 rings (SSSR count). The van der Waals surface area contributed by atoms with Crippen LogP contribution in [0.1, 0.15) is 22.3 Å². The van der Waals surface area contributed by atoms with Gasteiger partial charge in [0, 0.05) is 68.2 Å². The average molecular weight is 1820 g/mol. The van der Waals surface area contributed by atoms with Crippen molar-refractivity contribution in [3.63, 3.8) is 0 Å². The van der Waals surface area contributed by atoms with Crippen molar-refractivity contribution in [2.45, 2.75) is 27.7 Å². The van der Waals surface area contributed by atoms with E-state index in [4.69, 9.17) is 0 Å². The standard InChI is InChI=1S/C37H29N.2C35H27N.C31H25N/c1-28-16-22-33(23-17-28)38(34-24-18-30(19-25-34)29-10-4-2-5-11-29)35-26-20-32(21-27-35)37-15-9-8-14-36(37)31-12-6-3-7-13-31;1-26-14-20-31(21-15-26)36(32-22-16-28(17-23-32)27-8-3-2-4-9-27)33-24-18-30(19-25-33)35-13-7-11-29-10-5-6-12-34(29)35;1-26-11-19-33(20-12-26)36(34-21-15-29(16-22-34)27-7-3-2-4-8-27)35-23-17-30(18-24-35)32-14-13-28-9-5-6-10-31(28)25-32;1-24-16-20-28(21-17-24)32(27-12-6-3-7-13-27)29-22-18-26(19-23-29)31-15-9-8-14-30(31)25-10-4-2-5-11-25/h2-27H,1H3;2*2-25H,1H3;2-23H,1H3. The van der Waals surface area contributed by atoms with E-state index >= 15 is 0 Å². The average Bonchev–Trinajstić information content (AvgIpc) is 0.802. The number of aryl methyl sites for hydroxylation is 4. The van der Waals surface area contributed by atoms with Crippen molar-refractivity contribution in [3.05, 3.63) is 605 Å². The van der Waals surface area contributed by atoms with E-state index in [0.29, 0.717) is 0 Å². The molecule has 0 aliphatic rings. The van der Waals surface area contributed by atoms with Crippen LogP contribution in [-0.2, 0) is 0 Å². The van der Waals surface area contributed by atoms with Gasteiger partial charge in [-0.3, -0.25) is 0 Å². The minimum absolute atomic E-state index is 1.13. The van der Waals surface area contributed by atoms with E-state index in [1.807, 2.05) is 0 Å². The molecule has 0 heterocycles. The van der Waals surface area contributed by atoms with Crippen LogP contribution >= 0.6 is 0 Å². The molecule has 0 saturated carbocycles. The smallest absolute Gasteiger partial charge is 0.0462 e. The fraction of sp³-hybridized carbons (Fsp3) is 0.0290. The van der Waals surface area contributed by atoms with Gasteiger partial charge in [-0.25, -0.2) is 0 Å². The maximum absolute atomic E-state index is 2.32. The van der Waals surface area contributed by atoms with E-state index in [-0.39, 0.29) is 0 Å². The van der Waals surface area contributed by atoms with Gasteiger partial charge in [0.1, 0.15) is 0 Å². The fourth-order valence-electron chi connectivity index (χ4n) is 18.7. The molecule has 0 amide bonds. The highest BCUT2D eigenvalue weighted by Gasteiger charge is 2.21. The molecule has 0 atom stereocenters. The first kappa shape index (κ1) is 91.5. The molecule has 0 bridgehead atoms. The van der Waals surface area contributed by atoms with Crippen LogP contribution in [0.2, 0.25) is 0 Å². The predicted octanol–water partition coefficient (Wildman–Crippen LogP) is 39.2. The summed E-state index contributed by atoms with van der Waals surface area (Å²) in [5.74, 6) is 0. The highest BCUT2D eigenvalue weighted by Crippen LogP contribution is 2.45. The van der Waals surface area contributed by atoms with Crippen molar-refractivity contribution < 1.29 is 0 Å². The van der Waals surface area contributed by atoms with Crippen LogP contribution in [0.3, 0.4) is 0 Å². The van der Waals surface area contributed by atoms with Crippen molar-refractivity contribution in [1.82, 2.24) is 0 Å². The van der Waals surface area contributed by atoms with Crippen LogP contribution in [0, 0.1) is 27.7 Å². The van der Waals surface area contributed by atoms with Crippen LogP contribution in [0.5, 0.6) is 0 Å². The second-order valence-corrected chi connectivity index (χ2v) is 35.9. The van der Waals surface area contributed by atoms with E-state index in [9.17, 15) is 0 Å². The van der Waals surface area contributed by atoms with Gasteiger partial charge in [-0.1, -0.05) is 453 Å². The van der Waals surface area contributed by atoms with Gasteiger partial charge < -0.3 is 19.6 Å². The summed E-state index contributed by atoms with van der Waals surface area (Å²) in [5.41, 5.74) is 40.8. The first-order valence-electron chi connectivity index (χ1n) is 48.7.